The molecule has 0 unspecified atom stereocenters. The maximum absolute atomic E-state index is 13.9. The molecule has 0 bridgehead atoms. The summed E-state index contributed by atoms with van der Waals surface area (Å²) < 4.78 is 19.4. The van der Waals surface area contributed by atoms with E-state index in [2.05, 4.69) is 31.2 Å². The van der Waals surface area contributed by atoms with Crippen LogP contribution in [-0.2, 0) is 6.54 Å². The molecule has 2 aromatic carbocycles. The van der Waals surface area contributed by atoms with E-state index in [0.717, 1.165) is 11.3 Å². The number of benzene rings is 2. The molecule has 3 rings (SSSR count). The van der Waals surface area contributed by atoms with Crippen LogP contribution in [0.25, 0.3) is 10.9 Å². The Morgan fingerprint density at radius 2 is 1.95 bits per heavy atom. The van der Waals surface area contributed by atoms with Gasteiger partial charge < -0.3 is 10.1 Å². The molecular weight excluding hydrogens is 349 g/mol. The van der Waals surface area contributed by atoms with Crippen molar-refractivity contribution in [1.82, 2.24) is 9.97 Å². The van der Waals surface area contributed by atoms with Gasteiger partial charge in [-0.1, -0.05) is 12.1 Å². The third-order valence-corrected chi connectivity index (χ3v) is 3.87. The van der Waals surface area contributed by atoms with Crippen molar-refractivity contribution < 1.29 is 9.13 Å². The van der Waals surface area contributed by atoms with E-state index in [1.54, 1.807) is 19.2 Å². The number of fused-ring (bicyclic) bond motifs is 1. The Kier molecular flexibility index (Phi) is 4.20. The highest BCUT2D eigenvalue weighted by molar-refractivity contribution is 9.10. The molecule has 22 heavy (non-hydrogen) atoms. The maximum atomic E-state index is 13.9. The predicted molar refractivity (Wildman–Crippen MR) is 87.5 cm³/mol. The van der Waals surface area contributed by atoms with Gasteiger partial charge in [-0.2, -0.15) is 0 Å². The van der Waals surface area contributed by atoms with E-state index in [0.29, 0.717) is 27.9 Å². The zero-order valence-corrected chi connectivity index (χ0v) is 13.4. The lowest BCUT2D eigenvalue weighted by atomic mass is 10.2. The van der Waals surface area contributed by atoms with Crippen molar-refractivity contribution in [3.8, 4) is 5.75 Å². The first-order valence-corrected chi connectivity index (χ1v) is 7.44. The van der Waals surface area contributed by atoms with Crippen molar-refractivity contribution in [2.45, 2.75) is 6.54 Å². The van der Waals surface area contributed by atoms with Crippen LogP contribution in [0.1, 0.15) is 5.56 Å². The average molecular weight is 362 g/mol. The highest BCUT2D eigenvalue weighted by atomic mass is 79.9. The fraction of sp³-hybridized carbons (Fsp3) is 0.125. The molecule has 0 amide bonds. The van der Waals surface area contributed by atoms with E-state index in [1.807, 2.05) is 24.3 Å². The molecule has 3 aromatic rings. The summed E-state index contributed by atoms with van der Waals surface area (Å²) in [5, 5.41) is 3.52. The summed E-state index contributed by atoms with van der Waals surface area (Å²) in [5.74, 6) is 0.927. The van der Waals surface area contributed by atoms with Crippen molar-refractivity contribution in [2.75, 3.05) is 12.4 Å². The summed E-state index contributed by atoms with van der Waals surface area (Å²) >= 11 is 3.15. The second kappa shape index (κ2) is 6.27. The largest absolute Gasteiger partial charge is 0.497 e. The minimum Gasteiger partial charge on any atom is -0.497 e. The van der Waals surface area contributed by atoms with Crippen molar-refractivity contribution in [1.29, 1.82) is 0 Å². The molecule has 112 valence electrons. The minimum absolute atomic E-state index is 0.348. The molecule has 0 spiro atoms. The number of nitrogens with one attached hydrogen (secondary N) is 1. The van der Waals surface area contributed by atoms with Gasteiger partial charge in [0, 0.05) is 12.7 Å². The SMILES string of the molecule is COc1ccc(CNc2ncc3c(F)c(Br)ccc3n2)cc1. The van der Waals surface area contributed by atoms with Gasteiger partial charge in [0.15, 0.2) is 0 Å². The molecule has 4 nitrogen and oxygen atoms in total. The van der Waals surface area contributed by atoms with Gasteiger partial charge in [-0.25, -0.2) is 14.4 Å². The van der Waals surface area contributed by atoms with Crippen molar-refractivity contribution in [2.24, 2.45) is 0 Å². The Balaban J connectivity index is 1.77. The number of ether oxygens (including phenoxy) is 1. The van der Waals surface area contributed by atoms with Crippen LogP contribution in [0.4, 0.5) is 10.3 Å². The molecule has 0 aliphatic heterocycles. The van der Waals surface area contributed by atoms with Gasteiger partial charge in [0.2, 0.25) is 5.95 Å². The molecule has 0 radical (unpaired) electrons. The Morgan fingerprint density at radius 3 is 2.68 bits per heavy atom. The third-order valence-electron chi connectivity index (χ3n) is 3.26. The van der Waals surface area contributed by atoms with Crippen LogP contribution in [0.5, 0.6) is 5.75 Å². The Bertz CT molecular complexity index is 808. The molecule has 0 saturated heterocycles. The number of nitrogens with zero attached hydrogens (tertiary/aromatic N) is 2. The van der Waals surface area contributed by atoms with Gasteiger partial charge in [0.05, 0.1) is 22.5 Å². The zero-order chi connectivity index (χ0) is 15.5. The topological polar surface area (TPSA) is 47.0 Å². The minimum atomic E-state index is -0.348. The Hall–Kier alpha value is -2.21. The van der Waals surface area contributed by atoms with Crippen LogP contribution in [0.3, 0.4) is 0 Å². The number of halogens is 2. The lowest BCUT2D eigenvalue weighted by Gasteiger charge is -2.07. The van der Waals surface area contributed by atoms with Gasteiger partial charge in [0.1, 0.15) is 11.6 Å². The predicted octanol–water partition coefficient (Wildman–Crippen LogP) is 4.15. The maximum Gasteiger partial charge on any atom is 0.223 e. The molecule has 1 aromatic heterocycles. The van der Waals surface area contributed by atoms with Gasteiger partial charge in [-0.15, -0.1) is 0 Å². The first-order chi connectivity index (χ1) is 10.7. The van der Waals surface area contributed by atoms with E-state index in [4.69, 9.17) is 4.74 Å². The lowest BCUT2D eigenvalue weighted by Crippen LogP contribution is -2.03. The monoisotopic (exact) mass is 361 g/mol. The number of rotatable bonds is 4. The third kappa shape index (κ3) is 3.01. The molecule has 6 heteroatoms. The number of hydrogen-bond donors (Lipinski definition) is 1. The van der Waals surface area contributed by atoms with E-state index in [9.17, 15) is 4.39 Å². The van der Waals surface area contributed by atoms with Crippen molar-refractivity contribution >= 4 is 32.8 Å². The summed E-state index contributed by atoms with van der Waals surface area (Å²) in [7, 11) is 1.63. The van der Waals surface area contributed by atoms with Gasteiger partial charge in [-0.05, 0) is 45.8 Å². The summed E-state index contributed by atoms with van der Waals surface area (Å²) in [6.07, 6.45) is 1.48. The van der Waals surface area contributed by atoms with Gasteiger partial charge in [0.25, 0.3) is 0 Å². The molecule has 0 aliphatic carbocycles. The van der Waals surface area contributed by atoms with Crippen LogP contribution < -0.4 is 10.1 Å². The van der Waals surface area contributed by atoms with Crippen molar-refractivity contribution in [3.05, 3.63) is 58.4 Å². The molecular formula is C16H13BrFN3O. The summed E-state index contributed by atoms with van der Waals surface area (Å²) in [4.78, 5) is 8.47. The zero-order valence-electron chi connectivity index (χ0n) is 11.8. The smallest absolute Gasteiger partial charge is 0.223 e. The Morgan fingerprint density at radius 1 is 1.18 bits per heavy atom. The average Bonchev–Trinajstić information content (AvgIpc) is 2.57. The molecule has 0 atom stereocenters. The van der Waals surface area contributed by atoms with Crippen LogP contribution in [0.2, 0.25) is 0 Å². The summed E-state index contributed by atoms with van der Waals surface area (Å²) in [6, 6.07) is 11.1. The van der Waals surface area contributed by atoms with Gasteiger partial charge in [-0.3, -0.25) is 0 Å². The lowest BCUT2D eigenvalue weighted by molar-refractivity contribution is 0.414. The normalized spacial score (nSPS) is 10.7. The molecule has 1 heterocycles. The highest BCUT2D eigenvalue weighted by Gasteiger charge is 2.07. The highest BCUT2D eigenvalue weighted by Crippen LogP contribution is 2.24. The second-order valence-electron chi connectivity index (χ2n) is 4.69. The van der Waals surface area contributed by atoms with Crippen molar-refractivity contribution in [3.63, 3.8) is 0 Å². The molecule has 0 saturated carbocycles. The second-order valence-corrected chi connectivity index (χ2v) is 5.54. The van der Waals surface area contributed by atoms with Crippen LogP contribution in [0, 0.1) is 5.82 Å². The van der Waals surface area contributed by atoms with Crippen LogP contribution >= 0.6 is 15.9 Å². The quantitative estimate of drug-likeness (QED) is 0.758. The van der Waals surface area contributed by atoms with Crippen LogP contribution in [0.15, 0.2) is 47.1 Å². The van der Waals surface area contributed by atoms with E-state index in [1.165, 1.54) is 6.20 Å². The number of aromatic nitrogens is 2. The van der Waals surface area contributed by atoms with E-state index in [-0.39, 0.29) is 5.82 Å². The van der Waals surface area contributed by atoms with E-state index >= 15 is 0 Å². The van der Waals surface area contributed by atoms with Gasteiger partial charge >= 0.3 is 0 Å². The molecule has 0 aliphatic rings. The summed E-state index contributed by atoms with van der Waals surface area (Å²) in [5.41, 5.74) is 1.64. The molecule has 1 N–H and O–H groups in total. The van der Waals surface area contributed by atoms with Crippen LogP contribution in [-0.4, -0.2) is 17.1 Å². The number of hydrogen-bond acceptors (Lipinski definition) is 4. The first kappa shape index (κ1) is 14.7. The number of anilines is 1. The standard InChI is InChI=1S/C16H13BrFN3O/c1-22-11-4-2-10(3-5-11)8-19-16-20-9-12-14(21-16)7-6-13(17)15(12)18/h2-7,9H,8H2,1H3,(H,19,20,21). The Labute approximate surface area is 135 Å². The first-order valence-electron chi connectivity index (χ1n) is 6.65. The molecule has 0 fully saturated rings. The fourth-order valence-corrected chi connectivity index (χ4v) is 2.40. The fourth-order valence-electron chi connectivity index (χ4n) is 2.05. The number of methoxy groups -OCH3 is 1. The van der Waals surface area contributed by atoms with E-state index < -0.39 is 0 Å². The summed E-state index contributed by atoms with van der Waals surface area (Å²) in [6.45, 7) is 0.578.